The number of halogens is 1. The molecule has 7 nitrogen and oxygen atoms in total. The van der Waals surface area contributed by atoms with E-state index in [1.54, 1.807) is 37.3 Å². The Labute approximate surface area is 213 Å². The van der Waals surface area contributed by atoms with Gasteiger partial charge in [0.1, 0.15) is 13.2 Å². The van der Waals surface area contributed by atoms with E-state index in [0.29, 0.717) is 41.7 Å². The minimum absolute atomic E-state index is 0.170. The van der Waals surface area contributed by atoms with Gasteiger partial charge in [0.2, 0.25) is 0 Å². The number of nitrogens with zero attached hydrogens (tertiary/aromatic N) is 1. The Morgan fingerprint density at radius 2 is 1.86 bits per heavy atom. The summed E-state index contributed by atoms with van der Waals surface area (Å²) in [5.74, 6) is -0.0865. The lowest BCUT2D eigenvalue weighted by Crippen LogP contribution is -2.34. The number of carbonyl (C=O) groups excluding carboxylic acids is 3. The highest BCUT2D eigenvalue weighted by Gasteiger charge is 2.36. The lowest BCUT2D eigenvalue weighted by molar-refractivity contribution is -0.145. The van der Waals surface area contributed by atoms with Crippen LogP contribution in [0.2, 0.25) is 5.02 Å². The number of thioether (sulfide) groups is 1. The lowest BCUT2D eigenvalue weighted by atomic mass is 10.0. The van der Waals surface area contributed by atoms with Gasteiger partial charge in [-0.3, -0.25) is 19.3 Å². The molecule has 2 aromatic rings. The van der Waals surface area contributed by atoms with E-state index >= 15 is 0 Å². The highest BCUT2D eigenvalue weighted by molar-refractivity contribution is 8.18. The van der Waals surface area contributed by atoms with Gasteiger partial charge in [-0.1, -0.05) is 29.8 Å². The zero-order valence-corrected chi connectivity index (χ0v) is 21.1. The molecular weight excluding hydrogens is 490 g/mol. The molecule has 0 unspecified atom stereocenters. The molecule has 2 amide bonds. The molecule has 0 atom stereocenters. The van der Waals surface area contributed by atoms with Gasteiger partial charge < -0.3 is 14.2 Å². The minimum Gasteiger partial charge on any atom is -0.490 e. The molecule has 1 aliphatic rings. The molecule has 3 rings (SSSR count). The van der Waals surface area contributed by atoms with Crippen LogP contribution in [0.5, 0.6) is 11.5 Å². The molecule has 1 aliphatic heterocycles. The van der Waals surface area contributed by atoms with Crippen molar-refractivity contribution in [3.05, 3.63) is 75.7 Å². The number of hydrogen-bond acceptors (Lipinski definition) is 7. The molecule has 2 aromatic carbocycles. The Morgan fingerprint density at radius 3 is 2.51 bits per heavy atom. The number of benzene rings is 2. The second kappa shape index (κ2) is 12.5. The number of imide groups is 1. The van der Waals surface area contributed by atoms with Gasteiger partial charge >= 0.3 is 5.97 Å². The smallest absolute Gasteiger partial charge is 0.326 e. The van der Waals surface area contributed by atoms with Gasteiger partial charge in [-0.25, -0.2) is 0 Å². The summed E-state index contributed by atoms with van der Waals surface area (Å²) in [7, 11) is 0. The molecule has 9 heteroatoms. The highest BCUT2D eigenvalue weighted by Crippen LogP contribution is 2.37. The molecule has 0 N–H and O–H groups in total. The van der Waals surface area contributed by atoms with E-state index in [0.717, 1.165) is 27.8 Å². The summed E-state index contributed by atoms with van der Waals surface area (Å²) >= 11 is 6.74. The van der Waals surface area contributed by atoms with Crippen LogP contribution in [0.25, 0.3) is 6.08 Å². The van der Waals surface area contributed by atoms with Crippen molar-refractivity contribution < 1.29 is 28.6 Å². The van der Waals surface area contributed by atoms with E-state index < -0.39 is 23.7 Å². The van der Waals surface area contributed by atoms with Crippen molar-refractivity contribution >= 4 is 46.6 Å². The van der Waals surface area contributed by atoms with Crippen LogP contribution in [0, 0.1) is 0 Å². The minimum atomic E-state index is -0.634. The molecule has 1 heterocycles. The second-order valence-corrected chi connectivity index (χ2v) is 8.85. The summed E-state index contributed by atoms with van der Waals surface area (Å²) in [6.07, 6.45) is 3.85. The van der Waals surface area contributed by atoms with Crippen LogP contribution in [0.1, 0.15) is 30.5 Å². The third-order valence-corrected chi connectivity index (χ3v) is 6.04. The quantitative estimate of drug-likeness (QED) is 0.217. The fourth-order valence-corrected chi connectivity index (χ4v) is 4.32. The molecule has 1 saturated heterocycles. The highest BCUT2D eigenvalue weighted by atomic mass is 35.5. The van der Waals surface area contributed by atoms with Gasteiger partial charge in [-0.05, 0) is 73.5 Å². The normalized spacial score (nSPS) is 14.4. The van der Waals surface area contributed by atoms with Crippen molar-refractivity contribution in [1.82, 2.24) is 4.90 Å². The fourth-order valence-electron chi connectivity index (χ4n) is 3.36. The van der Waals surface area contributed by atoms with E-state index in [2.05, 4.69) is 6.58 Å². The summed E-state index contributed by atoms with van der Waals surface area (Å²) in [6, 6.07) is 11.0. The molecule has 0 aromatic heterocycles. The SMILES string of the molecule is C=CCc1cc(/C=C2/SC(=O)N(CC(=O)OCC)C2=O)cc(OCC)c1OCc1ccc(Cl)cc1. The van der Waals surface area contributed by atoms with Gasteiger partial charge in [-0.15, -0.1) is 6.58 Å². The van der Waals surface area contributed by atoms with Crippen molar-refractivity contribution in [3.63, 3.8) is 0 Å². The van der Waals surface area contributed by atoms with Crippen LogP contribution < -0.4 is 9.47 Å². The molecule has 0 radical (unpaired) electrons. The van der Waals surface area contributed by atoms with Gasteiger partial charge in [0.15, 0.2) is 11.5 Å². The standard InChI is InChI=1S/C26H26ClNO6S/c1-4-7-19-12-18(14-22-25(30)28(26(31)35-22)15-23(29)33-6-3)13-21(32-5-2)24(19)34-16-17-8-10-20(27)11-9-17/h4,8-14H,1,5-7,15-16H2,2-3H3/b22-14+. The van der Waals surface area contributed by atoms with Crippen LogP contribution in [-0.4, -0.2) is 41.8 Å². The summed E-state index contributed by atoms with van der Waals surface area (Å²) < 4.78 is 16.8. The van der Waals surface area contributed by atoms with Crippen LogP contribution in [0.4, 0.5) is 4.79 Å². The van der Waals surface area contributed by atoms with Crippen molar-refractivity contribution in [2.75, 3.05) is 19.8 Å². The number of hydrogen-bond donors (Lipinski definition) is 0. The zero-order chi connectivity index (χ0) is 25.4. The van der Waals surface area contributed by atoms with E-state index in [1.807, 2.05) is 25.1 Å². The van der Waals surface area contributed by atoms with E-state index in [9.17, 15) is 14.4 Å². The van der Waals surface area contributed by atoms with E-state index in [4.69, 9.17) is 25.8 Å². The largest absolute Gasteiger partial charge is 0.490 e. The molecular formula is C26H26ClNO6S. The summed E-state index contributed by atoms with van der Waals surface area (Å²) in [5, 5.41) is 0.126. The average Bonchev–Trinajstić information content (AvgIpc) is 3.07. The first-order valence-corrected chi connectivity index (χ1v) is 12.2. The summed E-state index contributed by atoms with van der Waals surface area (Å²) in [5.41, 5.74) is 2.42. The second-order valence-electron chi connectivity index (χ2n) is 7.42. The Bertz CT molecular complexity index is 1150. The predicted octanol–water partition coefficient (Wildman–Crippen LogP) is 5.65. The van der Waals surface area contributed by atoms with Gasteiger partial charge in [0.05, 0.1) is 18.1 Å². The Hall–Kier alpha value is -3.23. The maximum atomic E-state index is 12.8. The van der Waals surface area contributed by atoms with Crippen molar-refractivity contribution in [3.8, 4) is 11.5 Å². The number of ether oxygens (including phenoxy) is 3. The number of allylic oxidation sites excluding steroid dienone is 1. The third kappa shape index (κ3) is 6.90. The van der Waals surface area contributed by atoms with Crippen LogP contribution in [0.3, 0.4) is 0 Å². The number of carbonyl (C=O) groups is 3. The first kappa shape index (κ1) is 26.4. The molecule has 184 valence electrons. The molecule has 1 fully saturated rings. The maximum Gasteiger partial charge on any atom is 0.326 e. The topological polar surface area (TPSA) is 82.1 Å². The molecule has 0 spiro atoms. The molecule has 0 bridgehead atoms. The molecule has 35 heavy (non-hydrogen) atoms. The first-order valence-electron chi connectivity index (χ1n) is 11.0. The lowest BCUT2D eigenvalue weighted by Gasteiger charge is -2.17. The number of rotatable bonds is 11. The molecule has 0 saturated carbocycles. The maximum absolute atomic E-state index is 12.8. The van der Waals surface area contributed by atoms with Gasteiger partial charge in [-0.2, -0.15) is 0 Å². The molecule has 0 aliphatic carbocycles. The summed E-state index contributed by atoms with van der Waals surface area (Å²) in [4.78, 5) is 37.9. The van der Waals surface area contributed by atoms with Crippen LogP contribution in [-0.2, 0) is 27.4 Å². The number of amides is 2. The van der Waals surface area contributed by atoms with Crippen molar-refractivity contribution in [1.29, 1.82) is 0 Å². The van der Waals surface area contributed by atoms with Gasteiger partial charge in [0.25, 0.3) is 11.1 Å². The van der Waals surface area contributed by atoms with E-state index in [-0.39, 0.29) is 11.5 Å². The summed E-state index contributed by atoms with van der Waals surface area (Å²) in [6.45, 7) is 7.82. The van der Waals surface area contributed by atoms with E-state index in [1.165, 1.54) is 0 Å². The van der Waals surface area contributed by atoms with Crippen molar-refractivity contribution in [2.24, 2.45) is 0 Å². The Balaban J connectivity index is 1.89. The first-order chi connectivity index (χ1) is 16.9. The predicted molar refractivity (Wildman–Crippen MR) is 137 cm³/mol. The number of esters is 1. The van der Waals surface area contributed by atoms with Crippen LogP contribution >= 0.6 is 23.4 Å². The average molecular weight is 516 g/mol. The monoisotopic (exact) mass is 515 g/mol. The fraction of sp³-hybridized carbons (Fsp3) is 0.269. The van der Waals surface area contributed by atoms with Crippen LogP contribution in [0.15, 0.2) is 54.0 Å². The third-order valence-electron chi connectivity index (χ3n) is 4.88. The van der Waals surface area contributed by atoms with Crippen molar-refractivity contribution in [2.45, 2.75) is 26.9 Å². The Kier molecular flexibility index (Phi) is 9.39. The van der Waals surface area contributed by atoms with Gasteiger partial charge in [0, 0.05) is 10.6 Å². The zero-order valence-electron chi connectivity index (χ0n) is 19.5. The Morgan fingerprint density at radius 1 is 1.11 bits per heavy atom.